The van der Waals surface area contributed by atoms with Crippen LogP contribution >= 0.6 is 11.3 Å². The second kappa shape index (κ2) is 17.5. The van der Waals surface area contributed by atoms with E-state index in [0.717, 1.165) is 75.7 Å². The van der Waals surface area contributed by atoms with E-state index < -0.39 is 0 Å². The Labute approximate surface area is 340 Å². The molecule has 3 aromatic heterocycles. The smallest absolute Gasteiger partial charge is 0.164 e. The predicted octanol–water partition coefficient (Wildman–Crippen LogP) is 14.5. The molecule has 289 valence electrons. The molecule has 0 aliphatic heterocycles. The van der Waals surface area contributed by atoms with Gasteiger partial charge in [-0.2, -0.15) is 0 Å². The molecule has 0 amide bonds. The van der Waals surface area contributed by atoms with Gasteiger partial charge in [-0.05, 0) is 78.7 Å². The van der Waals surface area contributed by atoms with Gasteiger partial charge < -0.3 is 9.52 Å². The van der Waals surface area contributed by atoms with Gasteiger partial charge in [-0.15, -0.1) is 40.5 Å². The standard InChI is InChI=1S/C33H30NOS.C15H28O2.Ir/c1-20(2)14-21-10-11-23-18-29(35-28(23)15-21)31-19-26-30(36-31)12-13-34-32(26)24-16-22-8-6-7-9-25(22)27(17-24)33(3,4)5;1-7-14(5,8-2)12(16)11-13(17)15(6,9-3)10-4;/h6-13,15,17-20H,14H2,1-5H3;11,16H,7-10H2,1-6H3;/q-1;;/b;12-11-;. The summed E-state index contributed by atoms with van der Waals surface area (Å²) < 4.78 is 7.56. The number of pyridine rings is 1. The quantitative estimate of drug-likeness (QED) is 0.0799. The average Bonchev–Trinajstić information content (AvgIpc) is 3.77. The number of thiophene rings is 1. The van der Waals surface area contributed by atoms with Gasteiger partial charge in [0.15, 0.2) is 5.78 Å². The molecule has 0 spiro atoms. The Hall–Kier alpha value is -3.57. The summed E-state index contributed by atoms with van der Waals surface area (Å²) in [6.45, 7) is 23.4. The molecule has 0 bridgehead atoms. The topological polar surface area (TPSA) is 63.3 Å². The fraction of sp³-hybridized carbons (Fsp3) is 0.417. The van der Waals surface area contributed by atoms with Crippen LogP contribution in [0, 0.1) is 22.8 Å². The van der Waals surface area contributed by atoms with Gasteiger partial charge >= 0.3 is 0 Å². The zero-order valence-electron chi connectivity index (χ0n) is 34.1. The average molecular weight is 921 g/mol. The van der Waals surface area contributed by atoms with Crippen molar-refractivity contribution in [3.05, 3.63) is 102 Å². The van der Waals surface area contributed by atoms with Gasteiger partial charge in [0.25, 0.3) is 0 Å². The zero-order valence-corrected chi connectivity index (χ0v) is 37.3. The molecule has 54 heavy (non-hydrogen) atoms. The number of aliphatic hydroxyl groups is 1. The Morgan fingerprint density at radius 2 is 1.54 bits per heavy atom. The molecule has 3 aromatic carbocycles. The third-order valence-electron chi connectivity index (χ3n) is 11.4. The number of carbonyl (C=O) groups is 1. The van der Waals surface area contributed by atoms with Crippen molar-refractivity contribution in [3.63, 3.8) is 0 Å². The van der Waals surface area contributed by atoms with E-state index in [-0.39, 0.29) is 47.9 Å². The van der Waals surface area contributed by atoms with Gasteiger partial charge in [-0.3, -0.25) is 9.78 Å². The summed E-state index contributed by atoms with van der Waals surface area (Å²) in [5, 5.41) is 14.8. The normalized spacial score (nSPS) is 12.6. The Bertz CT molecular complexity index is 2240. The number of furan rings is 1. The van der Waals surface area contributed by atoms with Crippen LogP contribution in [0.3, 0.4) is 0 Å². The predicted molar refractivity (Wildman–Crippen MR) is 227 cm³/mol. The summed E-state index contributed by atoms with van der Waals surface area (Å²) in [6, 6.07) is 27.5. The molecular formula is C48H58IrNO3S-. The minimum Gasteiger partial charge on any atom is -0.512 e. The number of aliphatic hydroxyl groups excluding tert-OH is 1. The summed E-state index contributed by atoms with van der Waals surface area (Å²) in [5.41, 5.74) is 5.02. The number of allylic oxidation sites excluding steroid dienone is 2. The van der Waals surface area contributed by atoms with Crippen LogP contribution in [-0.2, 0) is 36.7 Å². The largest absolute Gasteiger partial charge is 0.512 e. The molecular weight excluding hydrogens is 863 g/mol. The maximum absolute atomic E-state index is 12.2. The van der Waals surface area contributed by atoms with Crippen molar-refractivity contribution in [2.24, 2.45) is 16.7 Å². The number of hydrogen-bond acceptors (Lipinski definition) is 5. The van der Waals surface area contributed by atoms with Crippen molar-refractivity contribution in [1.82, 2.24) is 4.98 Å². The second-order valence-corrected chi connectivity index (χ2v) is 17.7. The first-order valence-corrected chi connectivity index (χ1v) is 20.2. The van der Waals surface area contributed by atoms with Gasteiger partial charge in [0.05, 0.1) is 4.88 Å². The monoisotopic (exact) mass is 921 g/mol. The number of fused-ring (bicyclic) bond motifs is 3. The summed E-state index contributed by atoms with van der Waals surface area (Å²) in [5.74, 6) is 1.82. The van der Waals surface area contributed by atoms with Crippen LogP contribution < -0.4 is 0 Å². The fourth-order valence-corrected chi connectivity index (χ4v) is 7.77. The number of carbonyl (C=O) groups excluding carboxylic acids is 1. The number of nitrogens with zero attached hydrogens (tertiary/aromatic N) is 1. The van der Waals surface area contributed by atoms with E-state index in [0.29, 0.717) is 5.92 Å². The Kier molecular flexibility index (Phi) is 14.0. The summed E-state index contributed by atoms with van der Waals surface area (Å²) in [7, 11) is 0. The van der Waals surface area contributed by atoms with Gasteiger partial charge in [0, 0.05) is 59.0 Å². The number of aromatic nitrogens is 1. The third kappa shape index (κ3) is 9.27. The number of benzene rings is 3. The van der Waals surface area contributed by atoms with Crippen LogP contribution in [0.25, 0.3) is 53.7 Å². The van der Waals surface area contributed by atoms with Crippen molar-refractivity contribution in [2.75, 3.05) is 0 Å². The van der Waals surface area contributed by atoms with E-state index in [9.17, 15) is 9.90 Å². The number of hydrogen-bond donors (Lipinski definition) is 1. The summed E-state index contributed by atoms with van der Waals surface area (Å²) in [6.07, 6.45) is 7.72. The molecule has 1 N–H and O–H groups in total. The molecule has 6 heteroatoms. The maximum Gasteiger partial charge on any atom is 0.164 e. The summed E-state index contributed by atoms with van der Waals surface area (Å²) in [4.78, 5) is 18.1. The third-order valence-corrected chi connectivity index (χ3v) is 12.5. The van der Waals surface area contributed by atoms with Crippen LogP contribution in [0.2, 0.25) is 0 Å². The molecule has 0 atom stereocenters. The van der Waals surface area contributed by atoms with E-state index in [2.05, 4.69) is 107 Å². The number of rotatable bonds is 11. The molecule has 0 saturated heterocycles. The van der Waals surface area contributed by atoms with Crippen molar-refractivity contribution < 1.29 is 34.4 Å². The first-order chi connectivity index (χ1) is 25.0. The summed E-state index contributed by atoms with van der Waals surface area (Å²) >= 11 is 1.76. The molecule has 0 unspecified atom stereocenters. The van der Waals surface area contributed by atoms with Crippen LogP contribution in [0.5, 0.6) is 0 Å². The molecule has 3 heterocycles. The molecule has 6 rings (SSSR count). The molecule has 1 radical (unpaired) electrons. The maximum atomic E-state index is 12.2. The molecule has 0 saturated carbocycles. The van der Waals surface area contributed by atoms with E-state index in [1.54, 1.807) is 11.3 Å². The molecule has 4 nitrogen and oxygen atoms in total. The van der Waals surface area contributed by atoms with E-state index in [4.69, 9.17) is 9.40 Å². The second-order valence-electron chi connectivity index (χ2n) is 16.6. The van der Waals surface area contributed by atoms with Crippen LogP contribution in [0.1, 0.15) is 113 Å². The van der Waals surface area contributed by atoms with Crippen LogP contribution in [0.15, 0.2) is 89.2 Å². The Balaban J connectivity index is 0.000000309. The van der Waals surface area contributed by atoms with E-state index in [1.165, 1.54) is 27.3 Å². The SMILES string of the molecule is CC(C)Cc1ccc2cc(-c3cc4c(-c5[c-]c6ccccc6c(C(C)(C)C)c5)nccc4s3)oc2c1.CCC(C)(CC)C(=O)/C=C(\O)C(C)(CC)CC.[Ir]. The molecule has 0 fully saturated rings. The van der Waals surface area contributed by atoms with Crippen LogP contribution in [0.4, 0.5) is 0 Å². The molecule has 6 aromatic rings. The van der Waals surface area contributed by atoms with E-state index >= 15 is 0 Å². The fourth-order valence-electron chi connectivity index (χ4n) is 6.76. The Morgan fingerprint density at radius 1 is 0.870 bits per heavy atom. The van der Waals surface area contributed by atoms with Crippen molar-refractivity contribution in [2.45, 2.75) is 114 Å². The number of ketones is 1. The van der Waals surface area contributed by atoms with Gasteiger partial charge in [0.1, 0.15) is 17.1 Å². The van der Waals surface area contributed by atoms with E-state index in [1.807, 2.05) is 47.7 Å². The zero-order chi connectivity index (χ0) is 38.7. The van der Waals surface area contributed by atoms with Crippen molar-refractivity contribution in [3.8, 4) is 21.9 Å². The molecule has 0 aliphatic rings. The van der Waals surface area contributed by atoms with Gasteiger partial charge in [0.2, 0.25) is 0 Å². The molecule has 0 aliphatic carbocycles. The minimum atomic E-state index is -0.337. The van der Waals surface area contributed by atoms with Gasteiger partial charge in [-0.1, -0.05) is 117 Å². The van der Waals surface area contributed by atoms with Crippen molar-refractivity contribution in [1.29, 1.82) is 0 Å². The van der Waals surface area contributed by atoms with Gasteiger partial charge in [-0.25, -0.2) is 0 Å². The first kappa shape index (κ1) is 43.2. The first-order valence-electron chi connectivity index (χ1n) is 19.4. The van der Waals surface area contributed by atoms with Crippen molar-refractivity contribution >= 4 is 48.9 Å². The Morgan fingerprint density at radius 3 is 2.17 bits per heavy atom. The minimum absolute atomic E-state index is 0. The van der Waals surface area contributed by atoms with Crippen LogP contribution in [-0.4, -0.2) is 15.9 Å².